The van der Waals surface area contributed by atoms with Crippen LogP contribution in [0.1, 0.15) is 5.56 Å². The van der Waals surface area contributed by atoms with E-state index < -0.39 is 5.82 Å². The summed E-state index contributed by atoms with van der Waals surface area (Å²) in [4.78, 5) is 2.77. The fourth-order valence-electron chi connectivity index (χ4n) is 1.28. The zero-order valence-corrected chi connectivity index (χ0v) is 8.38. The first kappa shape index (κ1) is 9.62. The van der Waals surface area contributed by atoms with Gasteiger partial charge in [0.05, 0.1) is 17.3 Å². The lowest BCUT2D eigenvalue weighted by molar-refractivity contribution is 0.617. The molecule has 1 aromatic heterocycles. The number of imidazole rings is 1. The lowest BCUT2D eigenvalue weighted by Gasteiger charge is -2.03. The number of nitrogens with zero attached hydrogens (tertiary/aromatic N) is 2. The van der Waals surface area contributed by atoms with Gasteiger partial charge in [-0.1, -0.05) is 0 Å². The van der Waals surface area contributed by atoms with Crippen LogP contribution in [0, 0.1) is 21.9 Å². The van der Waals surface area contributed by atoms with Crippen LogP contribution in [0.25, 0.3) is 5.69 Å². The Hall–Kier alpha value is -1.93. The molecule has 0 aliphatic heterocycles. The summed E-state index contributed by atoms with van der Waals surface area (Å²) in [5.74, 6) is -0.468. The molecule has 1 aromatic carbocycles. The molecule has 0 atom stereocenters. The van der Waals surface area contributed by atoms with Gasteiger partial charge in [-0.2, -0.15) is 5.26 Å². The van der Waals surface area contributed by atoms with Crippen molar-refractivity contribution in [1.82, 2.24) is 9.55 Å². The second-order valence-electron chi connectivity index (χ2n) is 2.91. The second kappa shape index (κ2) is 3.67. The van der Waals surface area contributed by atoms with Crippen LogP contribution in [-0.2, 0) is 0 Å². The average molecular weight is 219 g/mol. The van der Waals surface area contributed by atoms with Gasteiger partial charge in [-0.15, -0.1) is 0 Å². The van der Waals surface area contributed by atoms with Gasteiger partial charge in [-0.25, -0.2) is 4.39 Å². The summed E-state index contributed by atoms with van der Waals surface area (Å²) in [6.07, 6.45) is 3.26. The summed E-state index contributed by atoms with van der Waals surface area (Å²) in [5, 5.41) is 8.59. The van der Waals surface area contributed by atoms with E-state index in [0.717, 1.165) is 0 Å². The molecule has 0 aliphatic carbocycles. The molecule has 1 N–H and O–H groups in total. The van der Waals surface area contributed by atoms with E-state index in [4.69, 9.17) is 17.5 Å². The summed E-state index contributed by atoms with van der Waals surface area (Å²) in [5.41, 5.74) is 0.624. The third kappa shape index (κ3) is 1.67. The molecule has 0 saturated heterocycles. The number of H-pyrrole nitrogens is 1. The van der Waals surface area contributed by atoms with Crippen molar-refractivity contribution in [3.8, 4) is 11.8 Å². The molecule has 15 heavy (non-hydrogen) atoms. The standard InChI is InChI=1S/C10H6FN3S/c11-8-5-7(6-12)1-2-9(8)14-4-3-13-10(14)15/h1-5H,(H,13,15). The van der Waals surface area contributed by atoms with E-state index in [1.54, 1.807) is 18.5 Å². The second-order valence-corrected chi connectivity index (χ2v) is 3.30. The van der Waals surface area contributed by atoms with Crippen molar-refractivity contribution in [2.24, 2.45) is 0 Å². The molecule has 0 bridgehead atoms. The Morgan fingerprint density at radius 3 is 2.80 bits per heavy atom. The third-order valence-electron chi connectivity index (χ3n) is 1.99. The molecule has 74 valence electrons. The molecular weight excluding hydrogens is 213 g/mol. The van der Waals surface area contributed by atoms with Crippen molar-refractivity contribution in [2.75, 3.05) is 0 Å². The Labute approximate surface area is 90.4 Å². The van der Waals surface area contributed by atoms with Gasteiger partial charge < -0.3 is 4.98 Å². The maximum Gasteiger partial charge on any atom is 0.181 e. The monoisotopic (exact) mass is 219 g/mol. The summed E-state index contributed by atoms with van der Waals surface area (Å²) in [6.45, 7) is 0. The fourth-order valence-corrected chi connectivity index (χ4v) is 1.51. The third-order valence-corrected chi connectivity index (χ3v) is 2.30. The SMILES string of the molecule is N#Cc1ccc(-n2cc[nH]c2=S)c(F)c1. The highest BCUT2D eigenvalue weighted by atomic mass is 32.1. The summed E-state index contributed by atoms with van der Waals surface area (Å²) >= 11 is 4.96. The van der Waals surface area contributed by atoms with Crippen LogP contribution < -0.4 is 0 Å². The highest BCUT2D eigenvalue weighted by molar-refractivity contribution is 7.71. The van der Waals surface area contributed by atoms with Gasteiger partial charge in [0.1, 0.15) is 5.82 Å². The number of nitrogens with one attached hydrogen (secondary N) is 1. The minimum Gasteiger partial charge on any atom is -0.337 e. The number of aromatic amines is 1. The zero-order chi connectivity index (χ0) is 10.8. The molecule has 1 heterocycles. The van der Waals surface area contributed by atoms with Crippen molar-refractivity contribution >= 4 is 12.2 Å². The number of nitriles is 1. The Morgan fingerprint density at radius 1 is 1.47 bits per heavy atom. The Morgan fingerprint density at radius 2 is 2.27 bits per heavy atom. The number of hydrogen-bond donors (Lipinski definition) is 1. The predicted octanol–water partition coefficient (Wildman–Crippen LogP) is 2.55. The summed E-state index contributed by atoms with van der Waals surface area (Å²) in [6, 6.07) is 6.13. The van der Waals surface area contributed by atoms with E-state index in [2.05, 4.69) is 4.98 Å². The molecule has 2 rings (SSSR count). The molecule has 5 heteroatoms. The van der Waals surface area contributed by atoms with Crippen molar-refractivity contribution in [3.63, 3.8) is 0 Å². The van der Waals surface area contributed by atoms with Crippen molar-refractivity contribution in [2.45, 2.75) is 0 Å². The van der Waals surface area contributed by atoms with E-state index in [0.29, 0.717) is 16.0 Å². The number of rotatable bonds is 1. The molecule has 0 fully saturated rings. The summed E-state index contributed by atoms with van der Waals surface area (Å²) < 4.78 is 15.5. The zero-order valence-electron chi connectivity index (χ0n) is 7.57. The lowest BCUT2D eigenvalue weighted by Crippen LogP contribution is -1.96. The van der Waals surface area contributed by atoms with Gasteiger partial charge in [-0.3, -0.25) is 4.57 Å². The molecule has 0 unspecified atom stereocenters. The first-order valence-electron chi connectivity index (χ1n) is 4.18. The average Bonchev–Trinajstić information content (AvgIpc) is 2.64. The first-order valence-corrected chi connectivity index (χ1v) is 4.59. The number of aromatic nitrogens is 2. The topological polar surface area (TPSA) is 44.5 Å². The minimum atomic E-state index is -0.468. The Kier molecular flexibility index (Phi) is 2.35. The van der Waals surface area contributed by atoms with Crippen LogP contribution in [0.2, 0.25) is 0 Å². The van der Waals surface area contributed by atoms with E-state index in [1.165, 1.54) is 16.7 Å². The Balaban J connectivity index is 2.61. The molecule has 0 amide bonds. The quantitative estimate of drug-likeness (QED) is 0.749. The largest absolute Gasteiger partial charge is 0.337 e. The first-order chi connectivity index (χ1) is 7.22. The van der Waals surface area contributed by atoms with Crippen LogP contribution in [-0.4, -0.2) is 9.55 Å². The van der Waals surface area contributed by atoms with Crippen LogP contribution in [0.3, 0.4) is 0 Å². The van der Waals surface area contributed by atoms with Crippen LogP contribution in [0.4, 0.5) is 4.39 Å². The molecule has 3 nitrogen and oxygen atoms in total. The van der Waals surface area contributed by atoms with Crippen LogP contribution in [0.5, 0.6) is 0 Å². The molecular formula is C10H6FN3S. The number of halogens is 1. The van der Waals surface area contributed by atoms with Crippen molar-refractivity contribution in [3.05, 3.63) is 46.7 Å². The highest BCUT2D eigenvalue weighted by Gasteiger charge is 2.05. The maximum absolute atomic E-state index is 13.5. The normalized spacial score (nSPS) is 9.87. The van der Waals surface area contributed by atoms with E-state index in [-0.39, 0.29) is 0 Å². The van der Waals surface area contributed by atoms with Crippen LogP contribution in [0.15, 0.2) is 30.6 Å². The van der Waals surface area contributed by atoms with E-state index in [1.807, 2.05) is 6.07 Å². The van der Waals surface area contributed by atoms with Crippen molar-refractivity contribution < 1.29 is 4.39 Å². The smallest absolute Gasteiger partial charge is 0.181 e. The van der Waals surface area contributed by atoms with Gasteiger partial charge in [-0.05, 0) is 30.4 Å². The number of hydrogen-bond acceptors (Lipinski definition) is 2. The molecule has 2 aromatic rings. The highest BCUT2D eigenvalue weighted by Crippen LogP contribution is 2.14. The molecule has 0 radical (unpaired) electrons. The van der Waals surface area contributed by atoms with Gasteiger partial charge in [0.15, 0.2) is 4.77 Å². The van der Waals surface area contributed by atoms with Gasteiger partial charge in [0.2, 0.25) is 0 Å². The van der Waals surface area contributed by atoms with Gasteiger partial charge >= 0.3 is 0 Å². The predicted molar refractivity (Wildman–Crippen MR) is 55.6 cm³/mol. The minimum absolute atomic E-state index is 0.290. The van der Waals surface area contributed by atoms with E-state index >= 15 is 0 Å². The van der Waals surface area contributed by atoms with Gasteiger partial charge in [0, 0.05) is 12.4 Å². The van der Waals surface area contributed by atoms with Crippen LogP contribution >= 0.6 is 12.2 Å². The van der Waals surface area contributed by atoms with E-state index in [9.17, 15) is 4.39 Å². The number of benzene rings is 1. The summed E-state index contributed by atoms with van der Waals surface area (Å²) in [7, 11) is 0. The van der Waals surface area contributed by atoms with Gasteiger partial charge in [0.25, 0.3) is 0 Å². The molecule has 0 spiro atoms. The molecule has 0 aliphatic rings. The maximum atomic E-state index is 13.5. The molecule has 0 saturated carbocycles. The Bertz CT molecular complexity index is 591. The van der Waals surface area contributed by atoms with Crippen molar-refractivity contribution in [1.29, 1.82) is 5.26 Å². The lowest BCUT2D eigenvalue weighted by atomic mass is 10.2. The fraction of sp³-hybridized carbons (Fsp3) is 0.